The predicted molar refractivity (Wildman–Crippen MR) is 90.4 cm³/mol. The van der Waals surface area contributed by atoms with Crippen LogP contribution in [0.15, 0.2) is 29.0 Å². The molecule has 4 nitrogen and oxygen atoms in total. The number of rotatable bonds is 11. The number of hydrogen-bond acceptors (Lipinski definition) is 4. The van der Waals surface area contributed by atoms with Crippen LogP contribution in [0.4, 0.5) is 0 Å². The second-order valence-corrected chi connectivity index (χ2v) is 8.42. The van der Waals surface area contributed by atoms with Crippen molar-refractivity contribution in [3.63, 3.8) is 0 Å². The van der Waals surface area contributed by atoms with Crippen molar-refractivity contribution in [1.29, 1.82) is 0 Å². The van der Waals surface area contributed by atoms with Crippen LogP contribution in [-0.2, 0) is 16.4 Å². The molecule has 0 fully saturated rings. The Labute approximate surface area is 132 Å². The first-order valence-electron chi connectivity index (χ1n) is 7.39. The quantitative estimate of drug-likeness (QED) is 0.501. The molecule has 1 N–H and O–H groups in total. The SMILES string of the molecule is C=CCCCN(C)S(=O)(=O)c1ccc(CCNCCC)s1. The van der Waals surface area contributed by atoms with Crippen LogP contribution in [0, 0.1) is 0 Å². The van der Waals surface area contributed by atoms with E-state index in [1.807, 2.05) is 12.1 Å². The Hall–Kier alpha value is -0.690. The molecule has 0 bridgehead atoms. The van der Waals surface area contributed by atoms with E-state index in [1.165, 1.54) is 15.6 Å². The predicted octanol–water partition coefficient (Wildman–Crippen LogP) is 2.88. The Kier molecular flexibility index (Phi) is 8.18. The van der Waals surface area contributed by atoms with Gasteiger partial charge in [-0.1, -0.05) is 13.0 Å². The number of hydrogen-bond donors (Lipinski definition) is 1. The first-order valence-corrected chi connectivity index (χ1v) is 9.64. The summed E-state index contributed by atoms with van der Waals surface area (Å²) in [6, 6.07) is 3.64. The molecule has 1 heterocycles. The first kappa shape index (κ1) is 18.4. The molecule has 0 saturated carbocycles. The van der Waals surface area contributed by atoms with Gasteiger partial charge in [-0.25, -0.2) is 12.7 Å². The molecule has 0 aromatic carbocycles. The van der Waals surface area contributed by atoms with Crippen molar-refractivity contribution in [3.8, 4) is 0 Å². The molecular weight excluding hydrogens is 304 g/mol. The molecule has 0 radical (unpaired) electrons. The summed E-state index contributed by atoms with van der Waals surface area (Å²) in [7, 11) is -1.70. The normalized spacial score (nSPS) is 12.0. The summed E-state index contributed by atoms with van der Waals surface area (Å²) in [5, 5.41) is 3.33. The highest BCUT2D eigenvalue weighted by Crippen LogP contribution is 2.24. The van der Waals surface area contributed by atoms with Gasteiger partial charge in [-0.05, 0) is 50.9 Å². The Bertz CT molecular complexity index is 524. The van der Waals surface area contributed by atoms with E-state index < -0.39 is 10.0 Å². The van der Waals surface area contributed by atoms with Crippen molar-refractivity contribution < 1.29 is 8.42 Å². The molecule has 1 rings (SSSR count). The van der Waals surface area contributed by atoms with Gasteiger partial charge < -0.3 is 5.32 Å². The summed E-state index contributed by atoms with van der Waals surface area (Å²) in [5.41, 5.74) is 0. The van der Waals surface area contributed by atoms with Gasteiger partial charge in [0.25, 0.3) is 10.0 Å². The number of unbranched alkanes of at least 4 members (excludes halogenated alkanes) is 1. The van der Waals surface area contributed by atoms with Gasteiger partial charge in [0, 0.05) is 18.5 Å². The van der Waals surface area contributed by atoms with E-state index in [-0.39, 0.29) is 0 Å². The molecule has 0 saturated heterocycles. The average molecular weight is 331 g/mol. The van der Waals surface area contributed by atoms with Crippen LogP contribution in [-0.4, -0.2) is 39.4 Å². The molecule has 0 spiro atoms. The zero-order valence-electron chi connectivity index (χ0n) is 13.0. The maximum absolute atomic E-state index is 12.4. The van der Waals surface area contributed by atoms with E-state index in [9.17, 15) is 8.42 Å². The second kappa shape index (κ2) is 9.35. The zero-order chi connectivity index (χ0) is 15.7. The van der Waals surface area contributed by atoms with Gasteiger partial charge in [0.15, 0.2) is 0 Å². The number of thiophene rings is 1. The highest BCUT2D eigenvalue weighted by molar-refractivity contribution is 7.91. The third-order valence-electron chi connectivity index (χ3n) is 3.16. The molecule has 0 unspecified atom stereocenters. The van der Waals surface area contributed by atoms with Gasteiger partial charge in [0.2, 0.25) is 0 Å². The van der Waals surface area contributed by atoms with Crippen molar-refractivity contribution in [3.05, 3.63) is 29.7 Å². The lowest BCUT2D eigenvalue weighted by atomic mass is 10.3. The van der Waals surface area contributed by atoms with E-state index in [0.29, 0.717) is 10.8 Å². The molecular formula is C15H26N2O2S2. The largest absolute Gasteiger partial charge is 0.316 e. The van der Waals surface area contributed by atoms with Crippen molar-refractivity contribution in [2.75, 3.05) is 26.7 Å². The van der Waals surface area contributed by atoms with E-state index >= 15 is 0 Å². The third kappa shape index (κ3) is 5.90. The monoisotopic (exact) mass is 330 g/mol. The number of sulfonamides is 1. The number of nitrogens with zero attached hydrogens (tertiary/aromatic N) is 1. The molecule has 0 aliphatic carbocycles. The minimum atomic E-state index is -3.34. The third-order valence-corrected chi connectivity index (χ3v) is 6.63. The molecule has 21 heavy (non-hydrogen) atoms. The smallest absolute Gasteiger partial charge is 0.252 e. The maximum Gasteiger partial charge on any atom is 0.252 e. The molecule has 0 aliphatic heterocycles. The maximum atomic E-state index is 12.4. The van der Waals surface area contributed by atoms with Crippen LogP contribution in [0.3, 0.4) is 0 Å². The number of allylic oxidation sites excluding steroid dienone is 1. The summed E-state index contributed by atoms with van der Waals surface area (Å²) in [6.07, 6.45) is 5.43. The van der Waals surface area contributed by atoms with Crippen molar-refractivity contribution >= 4 is 21.4 Å². The minimum Gasteiger partial charge on any atom is -0.316 e. The lowest BCUT2D eigenvalue weighted by Gasteiger charge is -2.15. The Morgan fingerprint density at radius 2 is 2.14 bits per heavy atom. The van der Waals surface area contributed by atoms with Crippen molar-refractivity contribution in [1.82, 2.24) is 9.62 Å². The lowest BCUT2D eigenvalue weighted by molar-refractivity contribution is 0.464. The summed E-state index contributed by atoms with van der Waals surface area (Å²) >= 11 is 1.38. The van der Waals surface area contributed by atoms with Crippen molar-refractivity contribution in [2.45, 2.75) is 36.8 Å². The van der Waals surface area contributed by atoms with Crippen LogP contribution >= 0.6 is 11.3 Å². The van der Waals surface area contributed by atoms with E-state index in [0.717, 1.165) is 43.6 Å². The Morgan fingerprint density at radius 3 is 2.81 bits per heavy atom. The Morgan fingerprint density at radius 1 is 1.38 bits per heavy atom. The van der Waals surface area contributed by atoms with E-state index in [1.54, 1.807) is 13.1 Å². The summed E-state index contributed by atoms with van der Waals surface area (Å²) in [5.74, 6) is 0. The molecule has 120 valence electrons. The van der Waals surface area contributed by atoms with Gasteiger partial charge >= 0.3 is 0 Å². The van der Waals surface area contributed by atoms with Crippen LogP contribution in [0.25, 0.3) is 0 Å². The minimum absolute atomic E-state index is 0.439. The van der Waals surface area contributed by atoms with Crippen LogP contribution < -0.4 is 5.32 Å². The highest BCUT2D eigenvalue weighted by Gasteiger charge is 2.22. The van der Waals surface area contributed by atoms with E-state index in [2.05, 4.69) is 18.8 Å². The number of nitrogens with one attached hydrogen (secondary N) is 1. The molecule has 1 aromatic rings. The van der Waals surface area contributed by atoms with Gasteiger partial charge in [-0.15, -0.1) is 17.9 Å². The summed E-state index contributed by atoms with van der Waals surface area (Å²) < 4.78 is 26.7. The lowest BCUT2D eigenvalue weighted by Crippen LogP contribution is -2.27. The average Bonchev–Trinajstić information content (AvgIpc) is 2.93. The van der Waals surface area contributed by atoms with Gasteiger partial charge in [-0.3, -0.25) is 0 Å². The fourth-order valence-electron chi connectivity index (χ4n) is 1.88. The second-order valence-electron chi connectivity index (χ2n) is 4.98. The fourth-order valence-corrected chi connectivity index (χ4v) is 4.65. The van der Waals surface area contributed by atoms with E-state index in [4.69, 9.17) is 0 Å². The molecule has 0 aliphatic rings. The van der Waals surface area contributed by atoms with Gasteiger partial charge in [0.05, 0.1) is 0 Å². The molecule has 1 aromatic heterocycles. The van der Waals surface area contributed by atoms with Crippen LogP contribution in [0.5, 0.6) is 0 Å². The molecule has 0 amide bonds. The van der Waals surface area contributed by atoms with Crippen LogP contribution in [0.1, 0.15) is 31.1 Å². The standard InChI is InChI=1S/C15H26N2O2S2/c1-4-6-7-13-17(3)21(18,19)15-9-8-14(20-15)10-12-16-11-5-2/h4,8-9,16H,1,5-7,10-13H2,2-3H3. The summed E-state index contributed by atoms with van der Waals surface area (Å²) in [6.45, 7) is 8.20. The summed E-state index contributed by atoms with van der Waals surface area (Å²) in [4.78, 5) is 1.11. The zero-order valence-corrected chi connectivity index (χ0v) is 14.6. The van der Waals surface area contributed by atoms with Gasteiger partial charge in [0.1, 0.15) is 4.21 Å². The molecule has 0 atom stereocenters. The van der Waals surface area contributed by atoms with Crippen molar-refractivity contribution in [2.24, 2.45) is 0 Å². The fraction of sp³-hybridized carbons (Fsp3) is 0.600. The van der Waals surface area contributed by atoms with Crippen LogP contribution in [0.2, 0.25) is 0 Å². The highest BCUT2D eigenvalue weighted by atomic mass is 32.2. The van der Waals surface area contributed by atoms with Gasteiger partial charge in [-0.2, -0.15) is 0 Å². The topological polar surface area (TPSA) is 49.4 Å². The Balaban J connectivity index is 2.58. The molecule has 6 heteroatoms. The first-order chi connectivity index (χ1) is 10.0.